The Kier molecular flexibility index (Phi) is 4.30. The molecule has 0 bridgehead atoms. The Morgan fingerprint density at radius 1 is 1.36 bits per heavy atom. The van der Waals surface area contributed by atoms with Crippen LogP contribution in [-0.2, 0) is 6.42 Å². The highest BCUT2D eigenvalue weighted by Crippen LogP contribution is 2.23. The van der Waals surface area contributed by atoms with Crippen molar-refractivity contribution in [3.63, 3.8) is 0 Å². The van der Waals surface area contributed by atoms with Gasteiger partial charge >= 0.3 is 0 Å². The molecule has 0 aliphatic heterocycles. The number of hydrogen-bond acceptors (Lipinski definition) is 2. The fourth-order valence-corrected chi connectivity index (χ4v) is 1.50. The van der Waals surface area contributed by atoms with E-state index >= 15 is 0 Å². The molecule has 0 saturated carbocycles. The molecule has 0 saturated heterocycles. The van der Waals surface area contributed by atoms with E-state index in [0.29, 0.717) is 0 Å². The molecule has 0 amide bonds. The van der Waals surface area contributed by atoms with Crippen molar-refractivity contribution in [1.29, 1.82) is 0 Å². The lowest BCUT2D eigenvalue weighted by Crippen LogP contribution is -1.96. The van der Waals surface area contributed by atoms with Crippen LogP contribution in [0.1, 0.15) is 25.3 Å². The number of benzene rings is 1. The second kappa shape index (κ2) is 5.53. The van der Waals surface area contributed by atoms with Crippen molar-refractivity contribution in [1.82, 2.24) is 0 Å². The number of rotatable bonds is 5. The zero-order valence-corrected chi connectivity index (χ0v) is 9.26. The standard InChI is InChI=1S/C12H19NO/c1-4-5-6-10-7-8-11(14-3)9-12(10)13-2/h7-9,13H,4-6H2,1-3H3. The van der Waals surface area contributed by atoms with Gasteiger partial charge in [0.2, 0.25) is 0 Å². The largest absolute Gasteiger partial charge is 0.497 e. The first-order valence-electron chi connectivity index (χ1n) is 5.16. The molecule has 0 aromatic heterocycles. The average molecular weight is 193 g/mol. The normalized spacial score (nSPS) is 9.93. The Labute approximate surface area is 86.3 Å². The van der Waals surface area contributed by atoms with Gasteiger partial charge in [0.1, 0.15) is 5.75 Å². The summed E-state index contributed by atoms with van der Waals surface area (Å²) in [6.45, 7) is 2.21. The Balaban J connectivity index is 2.82. The van der Waals surface area contributed by atoms with Crippen LogP contribution < -0.4 is 10.1 Å². The maximum atomic E-state index is 5.18. The Hall–Kier alpha value is -1.18. The molecule has 2 heteroatoms. The molecule has 1 N–H and O–H groups in total. The first-order chi connectivity index (χ1) is 6.81. The Bertz CT molecular complexity index is 284. The minimum Gasteiger partial charge on any atom is -0.497 e. The van der Waals surface area contributed by atoms with Crippen molar-refractivity contribution in [2.24, 2.45) is 0 Å². The van der Waals surface area contributed by atoms with Crippen LogP contribution in [0.25, 0.3) is 0 Å². The van der Waals surface area contributed by atoms with Crippen molar-refractivity contribution in [3.8, 4) is 5.75 Å². The zero-order valence-electron chi connectivity index (χ0n) is 9.26. The van der Waals surface area contributed by atoms with Gasteiger partial charge in [-0.1, -0.05) is 19.4 Å². The summed E-state index contributed by atoms with van der Waals surface area (Å²) < 4.78 is 5.18. The number of anilines is 1. The first kappa shape index (κ1) is 10.9. The highest BCUT2D eigenvalue weighted by molar-refractivity contribution is 5.54. The van der Waals surface area contributed by atoms with Crippen LogP contribution in [0.2, 0.25) is 0 Å². The van der Waals surface area contributed by atoms with E-state index in [0.717, 1.165) is 12.2 Å². The molecule has 2 nitrogen and oxygen atoms in total. The zero-order chi connectivity index (χ0) is 10.4. The van der Waals surface area contributed by atoms with Crippen LogP contribution >= 0.6 is 0 Å². The van der Waals surface area contributed by atoms with Crippen molar-refractivity contribution in [2.45, 2.75) is 26.2 Å². The van der Waals surface area contributed by atoms with Gasteiger partial charge in [-0.05, 0) is 24.5 Å². The van der Waals surface area contributed by atoms with Crippen LogP contribution in [-0.4, -0.2) is 14.2 Å². The predicted octanol–water partition coefficient (Wildman–Crippen LogP) is 3.08. The van der Waals surface area contributed by atoms with Gasteiger partial charge in [-0.25, -0.2) is 0 Å². The molecular formula is C12H19NO. The van der Waals surface area contributed by atoms with Crippen molar-refractivity contribution < 1.29 is 4.74 Å². The second-order valence-electron chi connectivity index (χ2n) is 3.38. The first-order valence-corrected chi connectivity index (χ1v) is 5.16. The maximum Gasteiger partial charge on any atom is 0.120 e. The molecular weight excluding hydrogens is 174 g/mol. The van der Waals surface area contributed by atoms with Crippen molar-refractivity contribution >= 4 is 5.69 Å². The van der Waals surface area contributed by atoms with E-state index < -0.39 is 0 Å². The topological polar surface area (TPSA) is 21.3 Å². The monoisotopic (exact) mass is 193 g/mol. The summed E-state index contributed by atoms with van der Waals surface area (Å²) in [7, 11) is 3.64. The highest BCUT2D eigenvalue weighted by atomic mass is 16.5. The van der Waals surface area contributed by atoms with Crippen LogP contribution in [0.3, 0.4) is 0 Å². The number of methoxy groups -OCH3 is 1. The predicted molar refractivity (Wildman–Crippen MR) is 61.2 cm³/mol. The Morgan fingerprint density at radius 3 is 2.71 bits per heavy atom. The van der Waals surface area contributed by atoms with Gasteiger partial charge in [0.05, 0.1) is 7.11 Å². The van der Waals surface area contributed by atoms with Crippen LogP contribution in [0.15, 0.2) is 18.2 Å². The summed E-state index contributed by atoms with van der Waals surface area (Å²) >= 11 is 0. The molecule has 0 heterocycles. The minimum atomic E-state index is 0.912. The van der Waals surface area contributed by atoms with Gasteiger partial charge in [-0.15, -0.1) is 0 Å². The third-order valence-corrected chi connectivity index (χ3v) is 2.39. The van der Waals surface area contributed by atoms with Gasteiger partial charge in [0.25, 0.3) is 0 Å². The molecule has 0 fully saturated rings. The lowest BCUT2D eigenvalue weighted by molar-refractivity contribution is 0.415. The van der Waals surface area contributed by atoms with Crippen molar-refractivity contribution in [2.75, 3.05) is 19.5 Å². The van der Waals surface area contributed by atoms with E-state index in [4.69, 9.17) is 4.74 Å². The molecule has 0 unspecified atom stereocenters. The summed E-state index contributed by atoms with van der Waals surface area (Å²) in [4.78, 5) is 0. The van der Waals surface area contributed by atoms with E-state index in [9.17, 15) is 0 Å². The summed E-state index contributed by atoms with van der Waals surface area (Å²) in [5, 5.41) is 3.20. The summed E-state index contributed by atoms with van der Waals surface area (Å²) in [6, 6.07) is 6.21. The lowest BCUT2D eigenvalue weighted by Gasteiger charge is -2.10. The molecule has 1 aromatic carbocycles. The van der Waals surface area contributed by atoms with E-state index in [1.807, 2.05) is 19.2 Å². The molecule has 14 heavy (non-hydrogen) atoms. The number of hydrogen-bond donors (Lipinski definition) is 1. The molecule has 0 atom stereocenters. The highest BCUT2D eigenvalue weighted by Gasteiger charge is 2.01. The van der Waals surface area contributed by atoms with Gasteiger partial charge in [-0.3, -0.25) is 0 Å². The van der Waals surface area contributed by atoms with Gasteiger partial charge in [0.15, 0.2) is 0 Å². The molecule has 0 spiro atoms. The van der Waals surface area contributed by atoms with E-state index in [-0.39, 0.29) is 0 Å². The molecule has 1 rings (SSSR count). The molecule has 0 radical (unpaired) electrons. The van der Waals surface area contributed by atoms with Gasteiger partial charge in [-0.2, -0.15) is 0 Å². The fourth-order valence-electron chi connectivity index (χ4n) is 1.50. The summed E-state index contributed by atoms with van der Waals surface area (Å²) in [5.74, 6) is 0.912. The quantitative estimate of drug-likeness (QED) is 0.776. The van der Waals surface area contributed by atoms with Crippen LogP contribution in [0.5, 0.6) is 5.75 Å². The van der Waals surface area contributed by atoms with Crippen LogP contribution in [0.4, 0.5) is 5.69 Å². The second-order valence-corrected chi connectivity index (χ2v) is 3.38. The van der Waals surface area contributed by atoms with E-state index in [1.54, 1.807) is 7.11 Å². The van der Waals surface area contributed by atoms with Gasteiger partial charge < -0.3 is 10.1 Å². The minimum absolute atomic E-state index is 0.912. The molecule has 1 aromatic rings. The smallest absolute Gasteiger partial charge is 0.120 e. The Morgan fingerprint density at radius 2 is 2.14 bits per heavy atom. The summed E-state index contributed by atoms with van der Waals surface area (Å²) in [5.41, 5.74) is 2.55. The molecule has 0 aliphatic carbocycles. The maximum absolute atomic E-state index is 5.18. The third-order valence-electron chi connectivity index (χ3n) is 2.39. The van der Waals surface area contributed by atoms with E-state index in [1.165, 1.54) is 24.1 Å². The van der Waals surface area contributed by atoms with Crippen LogP contribution in [0, 0.1) is 0 Å². The lowest BCUT2D eigenvalue weighted by atomic mass is 10.1. The van der Waals surface area contributed by atoms with Crippen molar-refractivity contribution in [3.05, 3.63) is 23.8 Å². The fraction of sp³-hybridized carbons (Fsp3) is 0.500. The molecule has 0 aliphatic rings. The summed E-state index contributed by atoms with van der Waals surface area (Å²) in [6.07, 6.45) is 3.60. The number of nitrogens with one attached hydrogen (secondary N) is 1. The SMILES string of the molecule is CCCCc1ccc(OC)cc1NC. The van der Waals surface area contributed by atoms with E-state index in [2.05, 4.69) is 18.3 Å². The average Bonchev–Trinajstić information content (AvgIpc) is 2.26. The number of aryl methyl sites for hydroxylation is 1. The number of unbranched alkanes of at least 4 members (excludes halogenated alkanes) is 1. The van der Waals surface area contributed by atoms with Gasteiger partial charge in [0, 0.05) is 18.8 Å². The number of ether oxygens (including phenoxy) is 1. The third kappa shape index (κ3) is 2.66. The molecule has 78 valence electrons.